The molecule has 98 valence electrons. The van der Waals surface area contributed by atoms with Crippen molar-refractivity contribution in [2.24, 2.45) is 0 Å². The second-order valence-electron chi connectivity index (χ2n) is 4.46. The first-order chi connectivity index (χ1) is 7.97. The van der Waals surface area contributed by atoms with Crippen molar-refractivity contribution in [2.45, 2.75) is 32.6 Å². The molecule has 0 bridgehead atoms. The van der Waals surface area contributed by atoms with Gasteiger partial charge >= 0.3 is 0 Å². The summed E-state index contributed by atoms with van der Waals surface area (Å²) in [7, 11) is 2.01. The van der Waals surface area contributed by atoms with Gasteiger partial charge in [0.25, 0.3) is 0 Å². The van der Waals surface area contributed by atoms with E-state index in [1.54, 1.807) is 11.3 Å². The summed E-state index contributed by atoms with van der Waals surface area (Å²) in [6.07, 6.45) is -0.256. The van der Waals surface area contributed by atoms with Crippen LogP contribution < -0.4 is 0 Å². The van der Waals surface area contributed by atoms with Gasteiger partial charge in [0.15, 0.2) is 0 Å². The molecule has 1 aromatic heterocycles. The predicted molar refractivity (Wildman–Crippen MR) is 75.4 cm³/mol. The van der Waals surface area contributed by atoms with E-state index in [1.165, 1.54) is 4.88 Å². The van der Waals surface area contributed by atoms with Crippen molar-refractivity contribution in [1.29, 1.82) is 0 Å². The van der Waals surface area contributed by atoms with E-state index in [2.05, 4.69) is 32.3 Å². The monoisotopic (exact) mass is 321 g/mol. The third-order valence-electron chi connectivity index (χ3n) is 2.19. The van der Waals surface area contributed by atoms with Crippen molar-refractivity contribution in [3.05, 3.63) is 20.8 Å². The Morgan fingerprint density at radius 1 is 1.53 bits per heavy atom. The summed E-state index contributed by atoms with van der Waals surface area (Å²) in [6, 6.07) is 2.11. The predicted octanol–water partition coefficient (Wildman–Crippen LogP) is 2.73. The van der Waals surface area contributed by atoms with Gasteiger partial charge in [-0.25, -0.2) is 0 Å². The van der Waals surface area contributed by atoms with E-state index in [0.717, 1.165) is 11.0 Å². The molecular formula is C12H20BrNO2S. The Morgan fingerprint density at radius 2 is 2.24 bits per heavy atom. The molecule has 5 heteroatoms. The molecule has 1 rings (SSSR count). The average molecular weight is 322 g/mol. The maximum absolute atomic E-state index is 9.78. The number of likely N-dealkylation sites (N-methyl/N-ethyl adjacent to an activating group) is 1. The normalized spacial score (nSPS) is 13.6. The summed E-state index contributed by atoms with van der Waals surface area (Å²) in [6.45, 7) is 5.83. The maximum atomic E-state index is 9.78. The van der Waals surface area contributed by atoms with Crippen molar-refractivity contribution in [3.63, 3.8) is 0 Å². The summed E-state index contributed by atoms with van der Waals surface area (Å²) in [5, 5.41) is 11.9. The maximum Gasteiger partial charge on any atom is 0.0900 e. The minimum absolute atomic E-state index is 0.170. The Labute approximate surface area is 116 Å². The molecule has 17 heavy (non-hydrogen) atoms. The van der Waals surface area contributed by atoms with Gasteiger partial charge in [-0.05, 0) is 42.9 Å². The smallest absolute Gasteiger partial charge is 0.0900 e. The molecule has 0 aliphatic carbocycles. The zero-order valence-electron chi connectivity index (χ0n) is 10.5. The van der Waals surface area contributed by atoms with Crippen LogP contribution in [0.3, 0.4) is 0 Å². The first-order valence-corrected chi connectivity index (χ1v) is 7.35. The molecule has 0 aliphatic heterocycles. The van der Waals surface area contributed by atoms with E-state index >= 15 is 0 Å². The topological polar surface area (TPSA) is 32.7 Å². The third kappa shape index (κ3) is 6.52. The SMILES string of the molecule is CC(C)OCC(O)CN(C)Cc1cc(Br)cs1. The van der Waals surface area contributed by atoms with Gasteiger partial charge in [-0.15, -0.1) is 11.3 Å². The molecule has 1 N–H and O–H groups in total. The summed E-state index contributed by atoms with van der Waals surface area (Å²) >= 11 is 5.16. The molecule has 0 saturated heterocycles. The Morgan fingerprint density at radius 3 is 2.76 bits per heavy atom. The van der Waals surface area contributed by atoms with Gasteiger partial charge in [0.2, 0.25) is 0 Å². The van der Waals surface area contributed by atoms with E-state index in [4.69, 9.17) is 4.74 Å². The lowest BCUT2D eigenvalue weighted by molar-refractivity contribution is -0.00625. The van der Waals surface area contributed by atoms with Crippen molar-refractivity contribution in [3.8, 4) is 0 Å². The fourth-order valence-corrected chi connectivity index (χ4v) is 3.01. The highest BCUT2D eigenvalue weighted by atomic mass is 79.9. The molecular weight excluding hydrogens is 302 g/mol. The number of aliphatic hydroxyl groups is 1. The Bertz CT molecular complexity index is 330. The number of thiophene rings is 1. The lowest BCUT2D eigenvalue weighted by atomic mass is 10.3. The van der Waals surface area contributed by atoms with Gasteiger partial charge in [0, 0.05) is 27.8 Å². The number of hydrogen-bond acceptors (Lipinski definition) is 4. The highest BCUT2D eigenvalue weighted by molar-refractivity contribution is 9.10. The van der Waals surface area contributed by atoms with Crippen molar-refractivity contribution in [2.75, 3.05) is 20.2 Å². The molecule has 0 amide bonds. The van der Waals surface area contributed by atoms with Gasteiger partial charge in [-0.2, -0.15) is 0 Å². The van der Waals surface area contributed by atoms with Gasteiger partial charge < -0.3 is 9.84 Å². The minimum atomic E-state index is -0.425. The molecule has 1 aromatic rings. The molecule has 0 radical (unpaired) electrons. The van der Waals surface area contributed by atoms with Crippen molar-refractivity contribution < 1.29 is 9.84 Å². The van der Waals surface area contributed by atoms with Gasteiger partial charge in [-0.1, -0.05) is 0 Å². The van der Waals surface area contributed by atoms with Crippen LogP contribution in [0.5, 0.6) is 0 Å². The first kappa shape index (κ1) is 15.1. The Hall–Kier alpha value is 0.0600. The molecule has 0 fully saturated rings. The number of hydrogen-bond donors (Lipinski definition) is 1. The summed E-state index contributed by atoms with van der Waals surface area (Å²) in [4.78, 5) is 3.39. The molecule has 1 atom stereocenters. The number of halogens is 1. The molecule has 3 nitrogen and oxygen atoms in total. The van der Waals surface area contributed by atoms with Gasteiger partial charge in [-0.3, -0.25) is 4.90 Å². The Kier molecular flexibility index (Phi) is 6.66. The molecule has 0 aliphatic rings. The summed E-state index contributed by atoms with van der Waals surface area (Å²) < 4.78 is 6.50. The standard InChI is InChI=1S/C12H20BrNO2S/c1-9(2)16-7-11(15)5-14(3)6-12-4-10(13)8-17-12/h4,8-9,11,15H,5-7H2,1-3H3. The zero-order valence-corrected chi connectivity index (χ0v) is 12.9. The lowest BCUT2D eigenvalue weighted by Gasteiger charge is -2.20. The van der Waals surface area contributed by atoms with E-state index in [9.17, 15) is 5.11 Å². The quantitative estimate of drug-likeness (QED) is 0.838. The van der Waals surface area contributed by atoms with Gasteiger partial charge in [0.05, 0.1) is 18.8 Å². The highest BCUT2D eigenvalue weighted by Crippen LogP contribution is 2.20. The van der Waals surface area contributed by atoms with Crippen LogP contribution in [0.15, 0.2) is 15.9 Å². The minimum Gasteiger partial charge on any atom is -0.389 e. The third-order valence-corrected chi connectivity index (χ3v) is 3.87. The summed E-state index contributed by atoms with van der Waals surface area (Å²) in [5.41, 5.74) is 0. The van der Waals surface area contributed by atoms with E-state index in [-0.39, 0.29) is 6.10 Å². The molecule has 0 saturated carbocycles. The van der Waals surface area contributed by atoms with Crippen LogP contribution in [0.25, 0.3) is 0 Å². The lowest BCUT2D eigenvalue weighted by Crippen LogP contribution is -2.32. The zero-order chi connectivity index (χ0) is 12.8. The van der Waals surface area contributed by atoms with Gasteiger partial charge in [0.1, 0.15) is 0 Å². The fraction of sp³-hybridized carbons (Fsp3) is 0.667. The number of nitrogens with zero attached hydrogens (tertiary/aromatic N) is 1. The van der Waals surface area contributed by atoms with Crippen LogP contribution in [0.1, 0.15) is 18.7 Å². The average Bonchev–Trinajstić information content (AvgIpc) is 2.60. The van der Waals surface area contributed by atoms with Crippen LogP contribution >= 0.6 is 27.3 Å². The first-order valence-electron chi connectivity index (χ1n) is 5.68. The number of ether oxygens (including phenoxy) is 1. The van der Waals surface area contributed by atoms with Crippen molar-refractivity contribution in [1.82, 2.24) is 4.90 Å². The molecule has 1 unspecified atom stereocenters. The second kappa shape index (κ2) is 7.48. The Balaban J connectivity index is 2.26. The highest BCUT2D eigenvalue weighted by Gasteiger charge is 2.10. The molecule has 1 heterocycles. The molecule has 0 spiro atoms. The van der Waals surface area contributed by atoms with Crippen molar-refractivity contribution >= 4 is 27.3 Å². The van der Waals surface area contributed by atoms with E-state index < -0.39 is 6.10 Å². The van der Waals surface area contributed by atoms with Crippen LogP contribution in [0.4, 0.5) is 0 Å². The van der Waals surface area contributed by atoms with E-state index in [1.807, 2.05) is 20.9 Å². The number of rotatable bonds is 7. The fourth-order valence-electron chi connectivity index (χ4n) is 1.48. The van der Waals surface area contributed by atoms with E-state index in [0.29, 0.717) is 13.2 Å². The summed E-state index contributed by atoms with van der Waals surface area (Å²) in [5.74, 6) is 0. The molecule has 0 aromatic carbocycles. The second-order valence-corrected chi connectivity index (χ2v) is 6.38. The van der Waals surface area contributed by atoms with Crippen LogP contribution in [-0.4, -0.2) is 42.4 Å². The van der Waals surface area contributed by atoms with Crippen LogP contribution in [0, 0.1) is 0 Å². The number of aliphatic hydroxyl groups excluding tert-OH is 1. The van der Waals surface area contributed by atoms with Crippen LogP contribution in [-0.2, 0) is 11.3 Å². The van der Waals surface area contributed by atoms with Crippen LogP contribution in [0.2, 0.25) is 0 Å². The largest absolute Gasteiger partial charge is 0.389 e.